The van der Waals surface area contributed by atoms with Crippen LogP contribution in [0.15, 0.2) is 24.3 Å². The van der Waals surface area contributed by atoms with Crippen LogP contribution in [0.5, 0.6) is 0 Å². The number of nitriles is 1. The van der Waals surface area contributed by atoms with Gasteiger partial charge in [0.05, 0.1) is 11.6 Å². The normalized spacial score (nSPS) is 11.5. The third-order valence-corrected chi connectivity index (χ3v) is 3.01. The molecule has 1 unspecified atom stereocenters. The van der Waals surface area contributed by atoms with Crippen LogP contribution in [-0.4, -0.2) is 28.7 Å². The molecule has 0 aliphatic heterocycles. The second kappa shape index (κ2) is 6.81. The van der Waals surface area contributed by atoms with Crippen LogP contribution in [-0.2, 0) is 10.8 Å². The van der Waals surface area contributed by atoms with Gasteiger partial charge in [-0.05, 0) is 24.6 Å². The van der Waals surface area contributed by atoms with Crippen LogP contribution in [0.25, 0.3) is 0 Å². The zero-order valence-corrected chi connectivity index (χ0v) is 10.4. The predicted octanol–water partition coefficient (Wildman–Crippen LogP) is 1.06. The molecule has 1 rings (SSSR count). The van der Waals surface area contributed by atoms with E-state index in [4.69, 9.17) is 5.26 Å². The van der Waals surface area contributed by atoms with Crippen molar-refractivity contribution in [3.05, 3.63) is 35.4 Å². The van der Waals surface area contributed by atoms with E-state index in [1.54, 1.807) is 30.5 Å². The zero-order valence-electron chi connectivity index (χ0n) is 9.60. The molecule has 90 valence electrons. The fraction of sp³-hybridized carbons (Fsp3) is 0.333. The Morgan fingerprint density at radius 1 is 1.53 bits per heavy atom. The molecule has 1 N–H and O–H groups in total. The molecule has 0 spiro atoms. The average molecular weight is 250 g/mol. The van der Waals surface area contributed by atoms with E-state index in [0.717, 1.165) is 0 Å². The minimum absolute atomic E-state index is 0.205. The van der Waals surface area contributed by atoms with Crippen molar-refractivity contribution in [3.63, 3.8) is 0 Å². The molecular formula is C12H14N2O2S. The fourth-order valence-electron chi connectivity index (χ4n) is 1.31. The zero-order chi connectivity index (χ0) is 12.7. The molecule has 0 saturated carbocycles. The number of amides is 1. The van der Waals surface area contributed by atoms with E-state index in [0.29, 0.717) is 29.8 Å². The predicted molar refractivity (Wildman–Crippen MR) is 67.0 cm³/mol. The molecule has 1 atom stereocenters. The first kappa shape index (κ1) is 13.4. The van der Waals surface area contributed by atoms with Gasteiger partial charge in [-0.3, -0.25) is 9.00 Å². The third kappa shape index (κ3) is 4.79. The van der Waals surface area contributed by atoms with Crippen molar-refractivity contribution < 1.29 is 9.00 Å². The Balaban J connectivity index is 2.47. The lowest BCUT2D eigenvalue weighted by Gasteiger charge is -2.04. The minimum Gasteiger partial charge on any atom is -0.352 e. The first-order valence-corrected chi connectivity index (χ1v) is 6.94. The van der Waals surface area contributed by atoms with E-state index < -0.39 is 10.8 Å². The summed E-state index contributed by atoms with van der Waals surface area (Å²) in [7, 11) is -0.824. The molecule has 4 nitrogen and oxygen atoms in total. The number of nitrogens with one attached hydrogen (secondary N) is 1. The summed E-state index contributed by atoms with van der Waals surface area (Å²) < 4.78 is 10.8. The smallest absolute Gasteiger partial charge is 0.251 e. The van der Waals surface area contributed by atoms with Gasteiger partial charge in [0.15, 0.2) is 0 Å². The molecule has 1 amide bonds. The molecule has 0 heterocycles. The topological polar surface area (TPSA) is 70.0 Å². The van der Waals surface area contributed by atoms with Gasteiger partial charge in [-0.2, -0.15) is 5.26 Å². The lowest BCUT2D eigenvalue weighted by molar-refractivity contribution is 0.0953. The van der Waals surface area contributed by atoms with E-state index >= 15 is 0 Å². The molecule has 0 radical (unpaired) electrons. The first-order chi connectivity index (χ1) is 8.13. The molecule has 0 aromatic heterocycles. The third-order valence-electron chi connectivity index (χ3n) is 2.15. The standard InChI is InChI=1S/C12H14N2O2S/c1-17(16)7-3-6-14-12(15)11-5-2-4-10(8-11)9-13/h2,4-5,8H,3,6-7H2,1H3,(H,14,15). The lowest BCUT2D eigenvalue weighted by Crippen LogP contribution is -2.25. The van der Waals surface area contributed by atoms with Crippen molar-refractivity contribution in [1.82, 2.24) is 5.32 Å². The van der Waals surface area contributed by atoms with E-state index in [-0.39, 0.29) is 5.91 Å². The summed E-state index contributed by atoms with van der Waals surface area (Å²) in [5, 5.41) is 11.4. The highest BCUT2D eigenvalue weighted by molar-refractivity contribution is 7.84. The molecule has 0 bridgehead atoms. The van der Waals surface area contributed by atoms with Gasteiger partial charge in [-0.15, -0.1) is 0 Å². The number of benzene rings is 1. The number of rotatable bonds is 5. The molecular weight excluding hydrogens is 236 g/mol. The highest BCUT2D eigenvalue weighted by atomic mass is 32.2. The van der Waals surface area contributed by atoms with Crippen molar-refractivity contribution in [3.8, 4) is 6.07 Å². The average Bonchev–Trinajstić information content (AvgIpc) is 2.34. The van der Waals surface area contributed by atoms with Gasteiger partial charge < -0.3 is 5.32 Å². The summed E-state index contributed by atoms with van der Waals surface area (Å²) in [6.07, 6.45) is 2.32. The lowest BCUT2D eigenvalue weighted by atomic mass is 10.1. The van der Waals surface area contributed by atoms with Gasteiger partial charge in [0.2, 0.25) is 0 Å². The number of carbonyl (C=O) groups is 1. The van der Waals surface area contributed by atoms with Crippen molar-refractivity contribution in [2.24, 2.45) is 0 Å². The Morgan fingerprint density at radius 2 is 2.29 bits per heavy atom. The van der Waals surface area contributed by atoms with Crippen LogP contribution in [0.1, 0.15) is 22.3 Å². The molecule has 0 fully saturated rings. The molecule has 0 aliphatic rings. The van der Waals surface area contributed by atoms with Crippen LogP contribution in [0.3, 0.4) is 0 Å². The van der Waals surface area contributed by atoms with Crippen LogP contribution >= 0.6 is 0 Å². The highest BCUT2D eigenvalue weighted by Gasteiger charge is 2.05. The van der Waals surface area contributed by atoms with Crippen molar-refractivity contribution in [2.75, 3.05) is 18.6 Å². The molecule has 0 aliphatic carbocycles. The van der Waals surface area contributed by atoms with E-state index in [2.05, 4.69) is 5.32 Å². The maximum absolute atomic E-state index is 11.7. The van der Waals surface area contributed by atoms with E-state index in [1.807, 2.05) is 6.07 Å². The van der Waals surface area contributed by atoms with Crippen LogP contribution in [0.2, 0.25) is 0 Å². The second-order valence-corrected chi connectivity index (χ2v) is 5.13. The van der Waals surface area contributed by atoms with Crippen molar-refractivity contribution in [2.45, 2.75) is 6.42 Å². The van der Waals surface area contributed by atoms with E-state index in [9.17, 15) is 9.00 Å². The highest BCUT2D eigenvalue weighted by Crippen LogP contribution is 2.03. The second-order valence-electron chi connectivity index (χ2n) is 3.58. The van der Waals surface area contributed by atoms with Gasteiger partial charge in [0.1, 0.15) is 0 Å². The number of hydrogen-bond donors (Lipinski definition) is 1. The summed E-state index contributed by atoms with van der Waals surface area (Å²) >= 11 is 0. The monoisotopic (exact) mass is 250 g/mol. The van der Waals surface area contributed by atoms with Crippen molar-refractivity contribution in [1.29, 1.82) is 5.26 Å². The summed E-state index contributed by atoms with van der Waals surface area (Å²) in [5.41, 5.74) is 0.939. The number of carbonyl (C=O) groups excluding carboxylic acids is 1. The van der Waals surface area contributed by atoms with Gasteiger partial charge in [-0.25, -0.2) is 0 Å². The molecule has 1 aromatic rings. The fourth-order valence-corrected chi connectivity index (χ4v) is 1.86. The Morgan fingerprint density at radius 3 is 2.94 bits per heavy atom. The van der Waals surface area contributed by atoms with Crippen LogP contribution < -0.4 is 5.32 Å². The summed E-state index contributed by atoms with van der Waals surface area (Å²) in [4.78, 5) is 11.7. The quantitative estimate of drug-likeness (QED) is 0.794. The van der Waals surface area contributed by atoms with Gasteiger partial charge in [0.25, 0.3) is 5.91 Å². The Labute approximate surface area is 103 Å². The van der Waals surface area contributed by atoms with Gasteiger partial charge in [-0.1, -0.05) is 6.07 Å². The summed E-state index contributed by atoms with van der Waals surface area (Å²) in [6.45, 7) is 0.495. The maximum Gasteiger partial charge on any atom is 0.251 e. The SMILES string of the molecule is CS(=O)CCCNC(=O)c1cccc(C#N)c1. The van der Waals surface area contributed by atoms with Crippen LogP contribution in [0, 0.1) is 11.3 Å². The molecule has 1 aromatic carbocycles. The minimum atomic E-state index is -0.824. The number of hydrogen-bond acceptors (Lipinski definition) is 3. The first-order valence-electron chi connectivity index (χ1n) is 5.22. The van der Waals surface area contributed by atoms with Gasteiger partial charge in [0, 0.05) is 34.9 Å². The molecule has 5 heteroatoms. The summed E-state index contributed by atoms with van der Waals surface area (Å²) in [5.74, 6) is 0.377. The van der Waals surface area contributed by atoms with E-state index in [1.165, 1.54) is 0 Å². The van der Waals surface area contributed by atoms with Crippen molar-refractivity contribution >= 4 is 16.7 Å². The summed E-state index contributed by atoms with van der Waals surface area (Å²) in [6, 6.07) is 8.52. The van der Waals surface area contributed by atoms with Crippen LogP contribution in [0.4, 0.5) is 0 Å². The molecule has 0 saturated heterocycles. The Hall–Kier alpha value is -1.67. The Bertz CT molecular complexity index is 466. The number of nitrogens with zero attached hydrogens (tertiary/aromatic N) is 1. The Kier molecular flexibility index (Phi) is 5.37. The molecule has 17 heavy (non-hydrogen) atoms. The maximum atomic E-state index is 11.7. The van der Waals surface area contributed by atoms with Gasteiger partial charge >= 0.3 is 0 Å². The largest absolute Gasteiger partial charge is 0.352 e.